The number of carbonyl (C=O) groups is 12. The van der Waals surface area contributed by atoms with E-state index in [2.05, 4.69) is 37.2 Å². The van der Waals surface area contributed by atoms with E-state index in [1.807, 2.05) is 73.7 Å². The number of urea groups is 1. The van der Waals surface area contributed by atoms with Crippen LogP contribution in [0.25, 0.3) is 10.8 Å². The minimum Gasteiger partial charge on any atom is -0.481 e. The normalized spacial score (nSPS) is 17.3. The summed E-state index contributed by atoms with van der Waals surface area (Å²) in [6, 6.07) is 14.2. The lowest BCUT2D eigenvalue weighted by Gasteiger charge is -2.30. The van der Waals surface area contributed by atoms with Gasteiger partial charge < -0.3 is 67.9 Å². The first-order chi connectivity index (χ1) is 44.4. The van der Waals surface area contributed by atoms with E-state index in [0.29, 0.717) is 57.9 Å². The Bertz CT molecular complexity index is 2990. The Hall–Kier alpha value is -8.76. The van der Waals surface area contributed by atoms with Gasteiger partial charge in [-0.2, -0.15) is 0 Å². The predicted molar refractivity (Wildman–Crippen MR) is 340 cm³/mol. The van der Waals surface area contributed by atoms with Crippen LogP contribution in [0.3, 0.4) is 0 Å². The SMILES string of the molecule is Cc1ccc(CCCC(=O)NCCCC[C@H](NC(=O)CCC(C(=O)O)N2CCN(CC(=O)O)CCN(CC(=O)O)CC2)C(=O)NCC2CCC(C(=O)N[C@H](Cc3ccc4ccccc4c3)C(=O)NCCCC[C@@H](NC(=O)N[C@H](CCC(=O)O)C(=O)O)C(=O)O)CC2)cc1. The van der Waals surface area contributed by atoms with Crippen LogP contribution in [-0.2, 0) is 65.6 Å². The van der Waals surface area contributed by atoms with Crippen LogP contribution in [-0.4, -0.2) is 219 Å². The Morgan fingerprint density at radius 3 is 1.63 bits per heavy atom. The summed E-state index contributed by atoms with van der Waals surface area (Å²) in [4.78, 5) is 156. The maximum Gasteiger partial charge on any atom is 0.326 e. The maximum absolute atomic E-state index is 14.1. The van der Waals surface area contributed by atoms with E-state index in [4.69, 9.17) is 5.11 Å². The van der Waals surface area contributed by atoms with Crippen molar-refractivity contribution >= 4 is 82.2 Å². The van der Waals surface area contributed by atoms with Crippen molar-refractivity contribution in [3.05, 3.63) is 83.4 Å². The zero-order valence-electron chi connectivity index (χ0n) is 52.8. The smallest absolute Gasteiger partial charge is 0.326 e. The highest BCUT2D eigenvalue weighted by Crippen LogP contribution is 2.29. The number of carbonyl (C=O) groups excluding carboxylic acids is 6. The molecule has 3 aromatic carbocycles. The second kappa shape index (κ2) is 39.6. The van der Waals surface area contributed by atoms with Gasteiger partial charge in [-0.25, -0.2) is 14.4 Å². The summed E-state index contributed by atoms with van der Waals surface area (Å²) in [6.45, 7) is 3.10. The monoisotopic (exact) mass is 1300 g/mol. The van der Waals surface area contributed by atoms with Crippen molar-refractivity contribution in [3.8, 4) is 0 Å². The number of benzene rings is 3. The largest absolute Gasteiger partial charge is 0.481 e. The summed E-state index contributed by atoms with van der Waals surface area (Å²) in [6.07, 6.45) is 3.87. The van der Waals surface area contributed by atoms with Gasteiger partial charge in [-0.3, -0.25) is 57.9 Å². The van der Waals surface area contributed by atoms with Crippen LogP contribution in [0.4, 0.5) is 4.79 Å². The molecule has 1 saturated heterocycles. The number of aliphatic carboxylic acids is 6. The molecule has 5 atom stereocenters. The van der Waals surface area contributed by atoms with E-state index < -0.39 is 109 Å². The van der Waals surface area contributed by atoms with E-state index in [1.54, 1.807) is 14.7 Å². The molecule has 510 valence electrons. The Balaban J connectivity index is 1.17. The van der Waals surface area contributed by atoms with Gasteiger partial charge in [0.2, 0.25) is 29.5 Å². The molecule has 1 heterocycles. The molecule has 1 aliphatic carbocycles. The third kappa shape index (κ3) is 28.3. The number of fused-ring (bicyclic) bond motifs is 1. The van der Waals surface area contributed by atoms with Gasteiger partial charge in [0.15, 0.2) is 0 Å². The van der Waals surface area contributed by atoms with E-state index in [1.165, 1.54) is 0 Å². The van der Waals surface area contributed by atoms with E-state index in [-0.39, 0.29) is 128 Å². The molecule has 0 radical (unpaired) electrons. The summed E-state index contributed by atoms with van der Waals surface area (Å²) >= 11 is 0. The Morgan fingerprint density at radius 1 is 0.484 bits per heavy atom. The second-order valence-electron chi connectivity index (χ2n) is 24.1. The van der Waals surface area contributed by atoms with Crippen LogP contribution in [0.1, 0.15) is 119 Å². The zero-order chi connectivity index (χ0) is 67.8. The molecule has 1 aliphatic heterocycles. The molecule has 5 rings (SSSR count). The number of carboxylic acids is 6. The van der Waals surface area contributed by atoms with Crippen molar-refractivity contribution in [2.45, 2.75) is 153 Å². The molecule has 1 unspecified atom stereocenters. The molecular weight excluding hydrogens is 1210 g/mol. The molecule has 28 nitrogen and oxygen atoms in total. The Labute approximate surface area is 540 Å². The number of nitrogens with one attached hydrogen (secondary N) is 7. The summed E-state index contributed by atoms with van der Waals surface area (Å²) in [5, 5.41) is 78.2. The fourth-order valence-electron chi connectivity index (χ4n) is 11.5. The summed E-state index contributed by atoms with van der Waals surface area (Å²) in [5.74, 6) is -10.1. The molecule has 28 heteroatoms. The van der Waals surface area contributed by atoms with Crippen molar-refractivity contribution in [1.29, 1.82) is 0 Å². The molecule has 0 bridgehead atoms. The van der Waals surface area contributed by atoms with Gasteiger partial charge in [0, 0.05) is 90.5 Å². The molecule has 93 heavy (non-hydrogen) atoms. The third-order valence-electron chi connectivity index (χ3n) is 16.9. The minimum atomic E-state index is -1.57. The number of unbranched alkanes of at least 4 members (excludes halogenated alkanes) is 2. The van der Waals surface area contributed by atoms with E-state index >= 15 is 0 Å². The summed E-state index contributed by atoms with van der Waals surface area (Å²) in [5.41, 5.74) is 3.06. The molecule has 1 saturated carbocycles. The number of aryl methyl sites for hydroxylation is 2. The Morgan fingerprint density at radius 2 is 1.04 bits per heavy atom. The lowest BCUT2D eigenvalue weighted by molar-refractivity contribution is -0.145. The second-order valence-corrected chi connectivity index (χ2v) is 24.1. The van der Waals surface area contributed by atoms with Crippen LogP contribution < -0.4 is 37.2 Å². The van der Waals surface area contributed by atoms with Gasteiger partial charge >= 0.3 is 41.8 Å². The van der Waals surface area contributed by atoms with Crippen molar-refractivity contribution in [2.75, 3.05) is 72.0 Å². The highest BCUT2D eigenvalue weighted by atomic mass is 16.4. The highest BCUT2D eigenvalue weighted by molar-refractivity contribution is 5.90. The molecular formula is C65H92N10O18. The fraction of sp³-hybridized carbons (Fsp3) is 0.569. The quantitative estimate of drug-likeness (QED) is 0.0365. The topological polar surface area (TPSA) is 420 Å². The number of rotatable bonds is 39. The van der Waals surface area contributed by atoms with Crippen LogP contribution in [0.15, 0.2) is 66.7 Å². The van der Waals surface area contributed by atoms with Crippen LogP contribution in [0.2, 0.25) is 0 Å². The number of hydrogen-bond donors (Lipinski definition) is 13. The molecule has 3 aromatic rings. The molecule has 0 spiro atoms. The molecule has 2 fully saturated rings. The number of carboxylic acid groups (broad SMARTS) is 6. The molecule has 13 N–H and O–H groups in total. The predicted octanol–water partition coefficient (Wildman–Crippen LogP) is 2.57. The number of hydrogen-bond acceptors (Lipinski definition) is 15. The lowest BCUT2D eigenvalue weighted by atomic mass is 9.81. The van der Waals surface area contributed by atoms with Crippen molar-refractivity contribution in [3.63, 3.8) is 0 Å². The summed E-state index contributed by atoms with van der Waals surface area (Å²) in [7, 11) is 0. The highest BCUT2D eigenvalue weighted by Gasteiger charge is 2.33. The molecule has 7 amide bonds. The number of amides is 7. The van der Waals surface area contributed by atoms with E-state index in [9.17, 15) is 83.1 Å². The van der Waals surface area contributed by atoms with Gasteiger partial charge in [0.1, 0.15) is 30.2 Å². The maximum atomic E-state index is 14.1. The van der Waals surface area contributed by atoms with Crippen LogP contribution >= 0.6 is 0 Å². The zero-order valence-corrected chi connectivity index (χ0v) is 52.8. The first-order valence-corrected chi connectivity index (χ1v) is 32.0. The summed E-state index contributed by atoms with van der Waals surface area (Å²) < 4.78 is 0. The van der Waals surface area contributed by atoms with Gasteiger partial charge in [0.05, 0.1) is 13.1 Å². The van der Waals surface area contributed by atoms with Crippen molar-refractivity contribution in [2.24, 2.45) is 11.8 Å². The fourth-order valence-corrected chi connectivity index (χ4v) is 11.5. The lowest BCUT2D eigenvalue weighted by Crippen LogP contribution is -2.51. The Kier molecular flexibility index (Phi) is 31.9. The van der Waals surface area contributed by atoms with E-state index in [0.717, 1.165) is 33.9 Å². The number of nitrogens with zero attached hydrogens (tertiary/aromatic N) is 3. The van der Waals surface area contributed by atoms with Gasteiger partial charge in [-0.1, -0.05) is 72.3 Å². The van der Waals surface area contributed by atoms with Crippen LogP contribution in [0.5, 0.6) is 0 Å². The molecule has 0 aromatic heterocycles. The molecule has 2 aliphatic rings. The van der Waals surface area contributed by atoms with Gasteiger partial charge in [-0.15, -0.1) is 0 Å². The van der Waals surface area contributed by atoms with Crippen LogP contribution in [0, 0.1) is 18.8 Å². The average molecular weight is 1300 g/mol. The first kappa shape index (κ1) is 75.0. The van der Waals surface area contributed by atoms with Gasteiger partial charge in [0.25, 0.3) is 0 Å². The average Bonchev–Trinajstić information content (AvgIpc) is 3.68. The van der Waals surface area contributed by atoms with Gasteiger partial charge in [-0.05, 0) is 125 Å². The minimum absolute atomic E-state index is 0.0563. The standard InChI is InChI=1S/C65H92N10O18/c1-42-15-17-43(18-16-42)9-8-14-54(76)66-29-6-4-12-49(69-55(77)27-26-53(64(91)92)75-35-33-73(40-57(80)81)31-32-74(34-36-75)41-58(82)83)60(85)68-39-44-19-23-47(24-20-44)59(84)70-52(38-45-21-22-46-10-2-3-11-48(46)37-45)61(86)67-30-7-5-13-50(62(87)88)71-65(93)72-51(63(89)90)25-28-56(78)79/h2-3,10-11,15-18,21-22,37,44,47,49-53H,4-9,12-14,19-20,23-36,38-41H2,1H3,(H,66,76)(H,67,86)(H,68,85)(H,69,77)(H,70,84)(H,78,79)(H,80,81)(H,82,83)(H,87,88)(H,89,90)(H,91,92)(H2,71,72,93)/t44?,47?,49-,50+,51+,52+,53?/m0/s1. The van der Waals surface area contributed by atoms with Crippen molar-refractivity contribution in [1.82, 2.24) is 51.9 Å². The first-order valence-electron chi connectivity index (χ1n) is 32.0. The van der Waals surface area contributed by atoms with Crippen molar-refractivity contribution < 1.29 is 88.2 Å². The third-order valence-corrected chi connectivity index (χ3v) is 16.9.